The highest BCUT2D eigenvalue weighted by molar-refractivity contribution is 7.13. The maximum Gasteiger partial charge on any atom is 0.127 e. The van der Waals surface area contributed by atoms with Crippen molar-refractivity contribution in [2.24, 2.45) is 0 Å². The predicted molar refractivity (Wildman–Crippen MR) is 125 cm³/mol. The highest BCUT2D eigenvalue weighted by Gasteiger charge is 2.09. The van der Waals surface area contributed by atoms with E-state index in [1.54, 1.807) is 22.7 Å². The molecular formula is C24H26O2S2. The lowest BCUT2D eigenvalue weighted by Gasteiger charge is -2.13. The minimum atomic E-state index is 0.625. The highest BCUT2D eigenvalue weighted by atomic mass is 32.1. The monoisotopic (exact) mass is 410 g/mol. The largest absolute Gasteiger partial charge is 0.493 e. The summed E-state index contributed by atoms with van der Waals surface area (Å²) in [6.07, 6.45) is 8.48. The first kappa shape index (κ1) is 20.4. The van der Waals surface area contributed by atoms with E-state index < -0.39 is 0 Å². The molecule has 0 atom stereocenters. The lowest BCUT2D eigenvalue weighted by molar-refractivity contribution is 0.329. The fourth-order valence-corrected chi connectivity index (χ4v) is 4.40. The van der Waals surface area contributed by atoms with Gasteiger partial charge >= 0.3 is 0 Å². The molecule has 0 saturated heterocycles. The Bertz CT molecular complexity index is 896. The summed E-state index contributed by atoms with van der Waals surface area (Å²) in [5.74, 6) is 1.75. The summed E-state index contributed by atoms with van der Waals surface area (Å²) in [6.45, 7) is 9.52. The second-order valence-corrected chi connectivity index (χ2v) is 9.00. The molecule has 0 aliphatic carbocycles. The van der Waals surface area contributed by atoms with Gasteiger partial charge in [-0.05, 0) is 88.4 Å². The standard InChI is InChI=1S/C24H26O2S2/c1-5-25-23-15-20(10-14-22-12-8-18(4)28-22)24(26-6-2)16-19(23)9-13-21-11-7-17(3)27-21/h7-16H,5-6H2,1-4H3. The number of hydrogen-bond donors (Lipinski definition) is 0. The molecule has 3 aromatic rings. The third-order valence-corrected chi connectivity index (χ3v) is 6.05. The van der Waals surface area contributed by atoms with Crippen LogP contribution in [0.5, 0.6) is 11.5 Å². The van der Waals surface area contributed by atoms with Gasteiger partial charge in [0.05, 0.1) is 13.2 Å². The molecule has 0 aliphatic rings. The number of hydrogen-bond acceptors (Lipinski definition) is 4. The van der Waals surface area contributed by atoms with Gasteiger partial charge in [-0.3, -0.25) is 0 Å². The van der Waals surface area contributed by atoms with Crippen LogP contribution in [0, 0.1) is 13.8 Å². The number of aryl methyl sites for hydroxylation is 2. The van der Waals surface area contributed by atoms with Crippen LogP contribution in [0.4, 0.5) is 0 Å². The molecule has 146 valence electrons. The van der Waals surface area contributed by atoms with Crippen LogP contribution in [0.15, 0.2) is 36.4 Å². The van der Waals surface area contributed by atoms with Crippen molar-refractivity contribution in [3.63, 3.8) is 0 Å². The zero-order valence-electron chi connectivity index (χ0n) is 16.8. The molecule has 0 fully saturated rings. The summed E-state index contributed by atoms with van der Waals surface area (Å²) in [5, 5.41) is 0. The summed E-state index contributed by atoms with van der Waals surface area (Å²) >= 11 is 3.57. The van der Waals surface area contributed by atoms with Crippen molar-refractivity contribution in [1.82, 2.24) is 0 Å². The molecular weight excluding hydrogens is 384 g/mol. The van der Waals surface area contributed by atoms with E-state index in [1.165, 1.54) is 19.5 Å². The quantitative estimate of drug-likeness (QED) is 0.381. The van der Waals surface area contributed by atoms with E-state index in [4.69, 9.17) is 9.47 Å². The van der Waals surface area contributed by atoms with Crippen LogP contribution in [-0.2, 0) is 0 Å². The summed E-state index contributed by atoms with van der Waals surface area (Å²) in [4.78, 5) is 5.08. The van der Waals surface area contributed by atoms with E-state index in [0.717, 1.165) is 22.6 Å². The van der Waals surface area contributed by atoms with Crippen LogP contribution in [0.3, 0.4) is 0 Å². The van der Waals surface area contributed by atoms with Crippen LogP contribution >= 0.6 is 22.7 Å². The molecule has 0 unspecified atom stereocenters. The van der Waals surface area contributed by atoms with E-state index in [2.05, 4.69) is 74.5 Å². The van der Waals surface area contributed by atoms with Crippen molar-refractivity contribution < 1.29 is 9.47 Å². The Hall–Kier alpha value is -2.30. The Morgan fingerprint density at radius 1 is 0.679 bits per heavy atom. The second kappa shape index (κ2) is 9.76. The predicted octanol–water partition coefficient (Wildman–Crippen LogP) is 7.56. The summed E-state index contributed by atoms with van der Waals surface area (Å²) in [7, 11) is 0. The zero-order valence-corrected chi connectivity index (χ0v) is 18.5. The maximum absolute atomic E-state index is 5.93. The summed E-state index contributed by atoms with van der Waals surface area (Å²) in [6, 6.07) is 12.7. The van der Waals surface area contributed by atoms with Crippen molar-refractivity contribution in [3.05, 3.63) is 67.0 Å². The lowest BCUT2D eigenvalue weighted by atomic mass is 10.1. The zero-order chi connectivity index (χ0) is 19.9. The lowest BCUT2D eigenvalue weighted by Crippen LogP contribution is -1.99. The van der Waals surface area contributed by atoms with Crippen molar-refractivity contribution >= 4 is 47.0 Å². The second-order valence-electron chi connectivity index (χ2n) is 6.36. The van der Waals surface area contributed by atoms with Crippen molar-refractivity contribution in [2.45, 2.75) is 27.7 Å². The highest BCUT2D eigenvalue weighted by Crippen LogP contribution is 2.33. The Labute approximate surface area is 175 Å². The first-order chi connectivity index (χ1) is 13.6. The summed E-state index contributed by atoms with van der Waals surface area (Å²) in [5.41, 5.74) is 2.06. The van der Waals surface area contributed by atoms with Gasteiger partial charge < -0.3 is 9.47 Å². The molecule has 1 aromatic carbocycles. The number of rotatable bonds is 8. The molecule has 0 bridgehead atoms. The molecule has 2 nitrogen and oxygen atoms in total. The van der Waals surface area contributed by atoms with E-state index in [0.29, 0.717) is 13.2 Å². The maximum atomic E-state index is 5.93. The van der Waals surface area contributed by atoms with Gasteiger partial charge in [-0.25, -0.2) is 0 Å². The number of benzene rings is 1. The topological polar surface area (TPSA) is 18.5 Å². The first-order valence-electron chi connectivity index (χ1n) is 9.51. The number of thiophene rings is 2. The summed E-state index contributed by atoms with van der Waals surface area (Å²) < 4.78 is 11.9. The van der Waals surface area contributed by atoms with Gasteiger partial charge in [0.25, 0.3) is 0 Å². The number of ether oxygens (including phenoxy) is 2. The van der Waals surface area contributed by atoms with E-state index >= 15 is 0 Å². The third-order valence-electron chi connectivity index (χ3n) is 4.12. The molecule has 0 radical (unpaired) electrons. The van der Waals surface area contributed by atoms with Gasteiger partial charge in [0, 0.05) is 30.6 Å². The average Bonchev–Trinajstić information content (AvgIpc) is 3.28. The van der Waals surface area contributed by atoms with Crippen LogP contribution in [-0.4, -0.2) is 13.2 Å². The van der Waals surface area contributed by atoms with Crippen LogP contribution in [0.2, 0.25) is 0 Å². The fourth-order valence-electron chi connectivity index (χ4n) is 2.84. The Balaban J connectivity index is 1.96. The Kier molecular flexibility index (Phi) is 7.12. The van der Waals surface area contributed by atoms with Gasteiger partial charge in [0.15, 0.2) is 0 Å². The molecule has 0 amide bonds. The molecule has 0 aliphatic heterocycles. The first-order valence-corrected chi connectivity index (χ1v) is 11.1. The van der Waals surface area contributed by atoms with Gasteiger partial charge in [-0.2, -0.15) is 0 Å². The fraction of sp³-hybridized carbons (Fsp3) is 0.250. The van der Waals surface area contributed by atoms with E-state index in [9.17, 15) is 0 Å². The van der Waals surface area contributed by atoms with Gasteiger partial charge in [0.1, 0.15) is 11.5 Å². The van der Waals surface area contributed by atoms with Crippen molar-refractivity contribution in [2.75, 3.05) is 13.2 Å². The van der Waals surface area contributed by atoms with Gasteiger partial charge in [0.2, 0.25) is 0 Å². The smallest absolute Gasteiger partial charge is 0.127 e. The van der Waals surface area contributed by atoms with Crippen LogP contribution in [0.1, 0.15) is 44.5 Å². The minimum Gasteiger partial charge on any atom is -0.493 e. The molecule has 4 heteroatoms. The molecule has 3 rings (SSSR count). The normalized spacial score (nSPS) is 11.6. The van der Waals surface area contributed by atoms with E-state index in [-0.39, 0.29) is 0 Å². The SMILES string of the molecule is CCOc1cc(C=Cc2ccc(C)s2)c(OCC)cc1C=Cc1ccc(C)s1. The third kappa shape index (κ3) is 5.37. The molecule has 0 N–H and O–H groups in total. The molecule has 0 spiro atoms. The van der Waals surface area contributed by atoms with Crippen molar-refractivity contribution in [1.29, 1.82) is 0 Å². The molecule has 2 aromatic heterocycles. The van der Waals surface area contributed by atoms with Gasteiger partial charge in [-0.1, -0.05) is 0 Å². The van der Waals surface area contributed by atoms with E-state index in [1.807, 2.05) is 13.8 Å². The van der Waals surface area contributed by atoms with Crippen molar-refractivity contribution in [3.8, 4) is 11.5 Å². The Morgan fingerprint density at radius 3 is 1.43 bits per heavy atom. The minimum absolute atomic E-state index is 0.625. The molecule has 2 heterocycles. The molecule has 0 saturated carbocycles. The van der Waals surface area contributed by atoms with Crippen LogP contribution in [0.25, 0.3) is 24.3 Å². The average molecular weight is 411 g/mol. The Morgan fingerprint density at radius 2 is 1.11 bits per heavy atom. The van der Waals surface area contributed by atoms with Crippen LogP contribution < -0.4 is 9.47 Å². The van der Waals surface area contributed by atoms with Gasteiger partial charge in [-0.15, -0.1) is 22.7 Å². The molecule has 28 heavy (non-hydrogen) atoms.